The van der Waals surface area contributed by atoms with Gasteiger partial charge in [0.2, 0.25) is 0 Å². The molecule has 0 amide bonds. The Kier molecular flexibility index (Phi) is 2.90. The van der Waals surface area contributed by atoms with Gasteiger partial charge in [0.1, 0.15) is 6.10 Å². The zero-order chi connectivity index (χ0) is 9.14. The zero-order valence-electron chi connectivity index (χ0n) is 7.91. The average molecular weight is 168 g/mol. The van der Waals surface area contributed by atoms with E-state index in [1.54, 1.807) is 0 Å². The van der Waals surface area contributed by atoms with Crippen LogP contribution in [0.3, 0.4) is 0 Å². The number of ether oxygens (including phenoxy) is 1. The molecule has 0 spiro atoms. The first-order valence-corrected chi connectivity index (χ1v) is 4.52. The molecule has 0 fully saturated rings. The van der Waals surface area contributed by atoms with Crippen molar-refractivity contribution in [3.63, 3.8) is 0 Å². The number of allylic oxidation sites excluding steroid dienone is 1. The average Bonchev–Trinajstić information content (AvgIpc) is 2.03. The third-order valence-electron chi connectivity index (χ3n) is 2.33. The first-order chi connectivity index (χ1) is 5.66. The molecule has 1 aliphatic rings. The quantitative estimate of drug-likeness (QED) is 0.631. The third kappa shape index (κ3) is 1.68. The number of hydrogen-bond donors (Lipinski definition) is 0. The van der Waals surface area contributed by atoms with Crippen LogP contribution in [0.4, 0.5) is 0 Å². The predicted molar refractivity (Wildman–Crippen MR) is 47.6 cm³/mol. The summed E-state index contributed by atoms with van der Waals surface area (Å²) in [7, 11) is 0. The van der Waals surface area contributed by atoms with E-state index in [1.807, 2.05) is 6.92 Å². The van der Waals surface area contributed by atoms with E-state index in [2.05, 4.69) is 13.8 Å². The first kappa shape index (κ1) is 9.30. The van der Waals surface area contributed by atoms with Gasteiger partial charge in [0.15, 0.2) is 5.78 Å². The Morgan fingerprint density at radius 3 is 2.67 bits per heavy atom. The second-order valence-electron chi connectivity index (χ2n) is 3.56. The second-order valence-corrected chi connectivity index (χ2v) is 3.56. The molecule has 2 heteroatoms. The molecule has 0 saturated heterocycles. The Hall–Kier alpha value is -0.790. The summed E-state index contributed by atoms with van der Waals surface area (Å²) in [5.41, 5.74) is 0. The number of carbonyl (C=O) groups is 1. The van der Waals surface area contributed by atoms with Gasteiger partial charge in [0.05, 0.1) is 12.2 Å². The van der Waals surface area contributed by atoms with Crippen molar-refractivity contribution in [3.05, 3.63) is 12.3 Å². The Morgan fingerprint density at radius 2 is 2.25 bits per heavy atom. The molecule has 0 aliphatic carbocycles. The summed E-state index contributed by atoms with van der Waals surface area (Å²) < 4.78 is 5.41. The van der Waals surface area contributed by atoms with Crippen molar-refractivity contribution >= 4 is 5.78 Å². The van der Waals surface area contributed by atoms with Gasteiger partial charge < -0.3 is 4.74 Å². The highest BCUT2D eigenvalue weighted by molar-refractivity contribution is 5.92. The number of carbonyl (C=O) groups excluding carboxylic acids is 1. The van der Waals surface area contributed by atoms with E-state index in [0.717, 1.165) is 6.42 Å². The molecule has 1 heterocycles. The van der Waals surface area contributed by atoms with Crippen LogP contribution in [0.1, 0.15) is 27.2 Å². The molecule has 0 radical (unpaired) electrons. The summed E-state index contributed by atoms with van der Waals surface area (Å²) in [4.78, 5) is 11.4. The van der Waals surface area contributed by atoms with Crippen molar-refractivity contribution in [1.29, 1.82) is 0 Å². The molecule has 2 nitrogen and oxygen atoms in total. The predicted octanol–water partition coefficient (Wildman–Crippen LogP) is 2.15. The van der Waals surface area contributed by atoms with Crippen LogP contribution in [-0.4, -0.2) is 11.9 Å². The summed E-state index contributed by atoms with van der Waals surface area (Å²) in [5, 5.41) is 0. The zero-order valence-corrected chi connectivity index (χ0v) is 7.91. The smallest absolute Gasteiger partial charge is 0.165 e. The van der Waals surface area contributed by atoms with Gasteiger partial charge >= 0.3 is 0 Å². The monoisotopic (exact) mass is 168 g/mol. The van der Waals surface area contributed by atoms with Gasteiger partial charge in [-0.3, -0.25) is 4.79 Å². The van der Waals surface area contributed by atoms with E-state index in [1.165, 1.54) is 12.3 Å². The van der Waals surface area contributed by atoms with Crippen molar-refractivity contribution in [2.24, 2.45) is 11.8 Å². The van der Waals surface area contributed by atoms with Crippen LogP contribution in [0.5, 0.6) is 0 Å². The summed E-state index contributed by atoms with van der Waals surface area (Å²) in [6.07, 6.45) is 4.01. The van der Waals surface area contributed by atoms with Gasteiger partial charge in [-0.05, 0) is 12.3 Å². The lowest BCUT2D eigenvalue weighted by Gasteiger charge is -2.29. The SMILES string of the molecule is CCC1C(=O)C=COC1C(C)C. The lowest BCUT2D eigenvalue weighted by Crippen LogP contribution is -2.35. The highest BCUT2D eigenvalue weighted by atomic mass is 16.5. The van der Waals surface area contributed by atoms with Gasteiger partial charge in [-0.1, -0.05) is 20.8 Å². The summed E-state index contributed by atoms with van der Waals surface area (Å²) in [6, 6.07) is 0. The standard InChI is InChI=1S/C10H16O2/c1-4-8-9(11)5-6-12-10(8)7(2)3/h5-8,10H,4H2,1-3H3. The first-order valence-electron chi connectivity index (χ1n) is 4.52. The van der Waals surface area contributed by atoms with Crippen molar-refractivity contribution in [1.82, 2.24) is 0 Å². The maximum Gasteiger partial charge on any atom is 0.165 e. The Morgan fingerprint density at radius 1 is 1.58 bits per heavy atom. The van der Waals surface area contributed by atoms with E-state index < -0.39 is 0 Å². The summed E-state index contributed by atoms with van der Waals surface area (Å²) >= 11 is 0. The van der Waals surface area contributed by atoms with Gasteiger partial charge in [-0.25, -0.2) is 0 Å². The van der Waals surface area contributed by atoms with Gasteiger partial charge in [0.25, 0.3) is 0 Å². The highest BCUT2D eigenvalue weighted by Crippen LogP contribution is 2.24. The molecule has 68 valence electrons. The number of rotatable bonds is 2. The molecule has 0 saturated carbocycles. The molecule has 0 aromatic rings. The summed E-state index contributed by atoms with van der Waals surface area (Å²) in [6.45, 7) is 6.19. The second kappa shape index (κ2) is 3.74. The molecule has 12 heavy (non-hydrogen) atoms. The van der Waals surface area contributed by atoms with Crippen LogP contribution in [0.2, 0.25) is 0 Å². The van der Waals surface area contributed by atoms with Crippen molar-refractivity contribution in [3.8, 4) is 0 Å². The topological polar surface area (TPSA) is 26.3 Å². The van der Waals surface area contributed by atoms with Crippen LogP contribution in [0.25, 0.3) is 0 Å². The fraction of sp³-hybridized carbons (Fsp3) is 0.700. The fourth-order valence-corrected chi connectivity index (χ4v) is 1.63. The minimum absolute atomic E-state index is 0.0648. The van der Waals surface area contributed by atoms with Gasteiger partial charge in [-0.2, -0.15) is 0 Å². The van der Waals surface area contributed by atoms with E-state index in [0.29, 0.717) is 5.92 Å². The van der Waals surface area contributed by atoms with Crippen LogP contribution in [0.15, 0.2) is 12.3 Å². The molecule has 2 unspecified atom stereocenters. The van der Waals surface area contributed by atoms with E-state index in [4.69, 9.17) is 4.74 Å². The lowest BCUT2D eigenvalue weighted by atomic mass is 9.86. The van der Waals surface area contributed by atoms with E-state index in [-0.39, 0.29) is 17.8 Å². The molecular weight excluding hydrogens is 152 g/mol. The molecule has 2 atom stereocenters. The minimum Gasteiger partial charge on any atom is -0.497 e. The van der Waals surface area contributed by atoms with Crippen molar-refractivity contribution in [2.45, 2.75) is 33.3 Å². The van der Waals surface area contributed by atoms with Crippen molar-refractivity contribution in [2.75, 3.05) is 0 Å². The summed E-state index contributed by atoms with van der Waals surface area (Å²) in [5.74, 6) is 0.682. The lowest BCUT2D eigenvalue weighted by molar-refractivity contribution is -0.125. The number of hydrogen-bond acceptors (Lipinski definition) is 2. The molecule has 0 N–H and O–H groups in total. The van der Waals surface area contributed by atoms with E-state index in [9.17, 15) is 4.79 Å². The van der Waals surface area contributed by atoms with Gasteiger partial charge in [0, 0.05) is 6.08 Å². The Bertz CT molecular complexity index is 194. The molecular formula is C10H16O2. The number of ketones is 1. The van der Waals surface area contributed by atoms with E-state index >= 15 is 0 Å². The van der Waals surface area contributed by atoms with Crippen LogP contribution in [-0.2, 0) is 9.53 Å². The maximum absolute atomic E-state index is 11.4. The largest absolute Gasteiger partial charge is 0.497 e. The van der Waals surface area contributed by atoms with Crippen molar-refractivity contribution < 1.29 is 9.53 Å². The van der Waals surface area contributed by atoms with Crippen LogP contribution in [0, 0.1) is 11.8 Å². The third-order valence-corrected chi connectivity index (χ3v) is 2.33. The molecule has 0 aromatic heterocycles. The molecule has 0 aromatic carbocycles. The molecule has 1 aliphatic heterocycles. The molecule has 1 rings (SSSR count). The Balaban J connectivity index is 2.74. The molecule has 0 bridgehead atoms. The minimum atomic E-state index is 0.0648. The van der Waals surface area contributed by atoms with Gasteiger partial charge in [-0.15, -0.1) is 0 Å². The highest BCUT2D eigenvalue weighted by Gasteiger charge is 2.31. The van der Waals surface area contributed by atoms with Crippen LogP contribution >= 0.6 is 0 Å². The normalized spacial score (nSPS) is 29.2. The fourth-order valence-electron chi connectivity index (χ4n) is 1.63. The Labute approximate surface area is 73.6 Å². The maximum atomic E-state index is 11.4. The van der Waals surface area contributed by atoms with Crippen LogP contribution < -0.4 is 0 Å².